The van der Waals surface area contributed by atoms with Crippen LogP contribution < -0.4 is 0 Å². The fourth-order valence-corrected chi connectivity index (χ4v) is 6.62. The Labute approximate surface area is 160 Å². The minimum atomic E-state index is -3.58. The predicted octanol–water partition coefficient (Wildman–Crippen LogP) is 3.94. The van der Waals surface area contributed by atoms with Crippen molar-refractivity contribution in [3.05, 3.63) is 58.7 Å². The molecule has 3 aromatic heterocycles. The van der Waals surface area contributed by atoms with Gasteiger partial charge < -0.3 is 9.51 Å². The van der Waals surface area contributed by atoms with Crippen LogP contribution in [0.1, 0.15) is 16.1 Å². The van der Waals surface area contributed by atoms with E-state index in [0.717, 1.165) is 21.0 Å². The van der Waals surface area contributed by atoms with E-state index in [2.05, 4.69) is 16.2 Å². The van der Waals surface area contributed by atoms with Crippen molar-refractivity contribution in [2.24, 2.45) is 0 Å². The van der Waals surface area contributed by atoms with Crippen molar-refractivity contribution < 1.29 is 12.9 Å². The van der Waals surface area contributed by atoms with Gasteiger partial charge in [0, 0.05) is 34.1 Å². The lowest BCUT2D eigenvalue weighted by Crippen LogP contribution is -2.36. The van der Waals surface area contributed by atoms with Crippen molar-refractivity contribution in [2.75, 3.05) is 6.54 Å². The molecule has 0 bridgehead atoms. The zero-order chi connectivity index (χ0) is 18.6. The van der Waals surface area contributed by atoms with E-state index >= 15 is 0 Å². The molecule has 27 heavy (non-hydrogen) atoms. The maximum Gasteiger partial charge on any atom is 0.244 e. The molecular weight excluding hydrogens is 382 g/mol. The molecule has 0 aliphatic carbocycles. The zero-order valence-corrected chi connectivity index (χ0v) is 16.2. The molecule has 138 valence electrons. The molecule has 6 nitrogen and oxygen atoms in total. The van der Waals surface area contributed by atoms with Gasteiger partial charge >= 0.3 is 0 Å². The number of aromatic nitrogens is 2. The minimum absolute atomic E-state index is 0.346. The Hall–Kier alpha value is -2.42. The van der Waals surface area contributed by atoms with E-state index in [4.69, 9.17) is 4.52 Å². The summed E-state index contributed by atoms with van der Waals surface area (Å²) in [6, 6.07) is 11.5. The van der Waals surface area contributed by atoms with Gasteiger partial charge in [-0.25, -0.2) is 8.42 Å². The first-order valence-corrected chi connectivity index (χ1v) is 10.9. The van der Waals surface area contributed by atoms with Gasteiger partial charge in [-0.1, -0.05) is 23.4 Å². The van der Waals surface area contributed by atoms with Gasteiger partial charge in [-0.15, -0.1) is 11.3 Å². The van der Waals surface area contributed by atoms with Gasteiger partial charge in [-0.2, -0.15) is 4.31 Å². The Bertz CT molecular complexity index is 1240. The van der Waals surface area contributed by atoms with Gasteiger partial charge in [-0.3, -0.25) is 0 Å². The van der Waals surface area contributed by atoms with Crippen LogP contribution in [0.25, 0.3) is 21.5 Å². The van der Waals surface area contributed by atoms with Crippen LogP contribution in [0.2, 0.25) is 0 Å². The molecule has 0 spiro atoms. The molecule has 1 N–H and O–H groups in total. The number of aryl methyl sites for hydroxylation is 1. The molecule has 0 unspecified atom stereocenters. The Morgan fingerprint density at radius 2 is 2.11 bits per heavy atom. The molecule has 0 atom stereocenters. The number of aromatic amines is 1. The largest absolute Gasteiger partial charge is 0.357 e. The van der Waals surface area contributed by atoms with Gasteiger partial charge in [0.1, 0.15) is 0 Å². The normalized spacial score (nSPS) is 15.3. The van der Waals surface area contributed by atoms with Crippen LogP contribution in [0.15, 0.2) is 52.0 Å². The van der Waals surface area contributed by atoms with E-state index in [1.165, 1.54) is 22.3 Å². The van der Waals surface area contributed by atoms with E-state index in [1.807, 2.05) is 25.1 Å². The SMILES string of the molecule is Cc1sc(-c2ccno2)cc1S(=O)(=O)N1CCc2c([nH]c3ccccc23)C1. The number of fused-ring (bicyclic) bond motifs is 3. The van der Waals surface area contributed by atoms with Gasteiger partial charge in [-0.05, 0) is 31.0 Å². The van der Waals surface area contributed by atoms with E-state index in [1.54, 1.807) is 22.6 Å². The van der Waals surface area contributed by atoms with Crippen molar-refractivity contribution in [1.82, 2.24) is 14.4 Å². The highest BCUT2D eigenvalue weighted by Crippen LogP contribution is 2.36. The number of thiophene rings is 1. The lowest BCUT2D eigenvalue weighted by Gasteiger charge is -2.26. The molecule has 4 heterocycles. The molecule has 1 aromatic carbocycles. The van der Waals surface area contributed by atoms with Crippen LogP contribution >= 0.6 is 11.3 Å². The fourth-order valence-electron chi connectivity index (χ4n) is 3.70. The zero-order valence-electron chi connectivity index (χ0n) is 14.6. The van der Waals surface area contributed by atoms with E-state index in [0.29, 0.717) is 30.2 Å². The van der Waals surface area contributed by atoms with Gasteiger partial charge in [0.2, 0.25) is 10.0 Å². The maximum absolute atomic E-state index is 13.3. The number of H-pyrrole nitrogens is 1. The third kappa shape index (κ3) is 2.63. The number of nitrogens with zero attached hydrogens (tertiary/aromatic N) is 2. The molecule has 0 fully saturated rings. The Balaban J connectivity index is 1.51. The van der Waals surface area contributed by atoms with Crippen LogP contribution in [0.4, 0.5) is 0 Å². The summed E-state index contributed by atoms with van der Waals surface area (Å²) in [5.41, 5.74) is 3.26. The van der Waals surface area contributed by atoms with Gasteiger partial charge in [0.25, 0.3) is 0 Å². The first-order valence-electron chi connectivity index (χ1n) is 8.64. The summed E-state index contributed by atoms with van der Waals surface area (Å²) in [7, 11) is -3.58. The summed E-state index contributed by atoms with van der Waals surface area (Å²) < 4.78 is 33.3. The summed E-state index contributed by atoms with van der Waals surface area (Å²) in [6.45, 7) is 2.67. The highest BCUT2D eigenvalue weighted by atomic mass is 32.2. The highest BCUT2D eigenvalue weighted by Gasteiger charge is 2.32. The summed E-state index contributed by atoms with van der Waals surface area (Å²) in [6.07, 6.45) is 2.26. The number of sulfonamides is 1. The van der Waals surface area contributed by atoms with E-state index in [9.17, 15) is 8.42 Å². The van der Waals surface area contributed by atoms with Crippen molar-refractivity contribution in [3.8, 4) is 10.6 Å². The fraction of sp³-hybridized carbons (Fsp3) is 0.211. The summed E-state index contributed by atoms with van der Waals surface area (Å²) >= 11 is 1.40. The number of rotatable bonds is 3. The molecule has 1 aliphatic heterocycles. The lowest BCUT2D eigenvalue weighted by atomic mass is 10.1. The molecule has 8 heteroatoms. The maximum atomic E-state index is 13.3. The highest BCUT2D eigenvalue weighted by molar-refractivity contribution is 7.89. The molecular formula is C19H17N3O3S2. The molecule has 0 saturated carbocycles. The molecule has 0 radical (unpaired) electrons. The lowest BCUT2D eigenvalue weighted by molar-refractivity contribution is 0.388. The first kappa shape index (κ1) is 16.7. The first-order chi connectivity index (χ1) is 13.0. The van der Waals surface area contributed by atoms with Crippen molar-refractivity contribution >= 4 is 32.3 Å². The number of nitrogens with one attached hydrogen (secondary N) is 1. The number of para-hydroxylation sites is 1. The van der Waals surface area contributed by atoms with Crippen molar-refractivity contribution in [2.45, 2.75) is 24.8 Å². The third-order valence-corrected chi connectivity index (χ3v) is 8.18. The number of hydrogen-bond donors (Lipinski definition) is 1. The quantitative estimate of drug-likeness (QED) is 0.566. The number of benzene rings is 1. The van der Waals surface area contributed by atoms with Gasteiger partial charge in [0.15, 0.2) is 5.76 Å². The molecule has 4 aromatic rings. The van der Waals surface area contributed by atoms with E-state index in [-0.39, 0.29) is 0 Å². The van der Waals surface area contributed by atoms with Crippen molar-refractivity contribution in [3.63, 3.8) is 0 Å². The second-order valence-electron chi connectivity index (χ2n) is 6.62. The summed E-state index contributed by atoms with van der Waals surface area (Å²) in [5.74, 6) is 0.584. The van der Waals surface area contributed by atoms with Crippen LogP contribution in [-0.2, 0) is 23.0 Å². The Morgan fingerprint density at radius 1 is 1.26 bits per heavy atom. The summed E-state index contributed by atoms with van der Waals surface area (Å²) in [4.78, 5) is 5.25. The third-order valence-electron chi connectivity index (χ3n) is 5.02. The average Bonchev–Trinajstić information content (AvgIpc) is 3.39. The minimum Gasteiger partial charge on any atom is -0.357 e. The molecule has 1 aliphatic rings. The molecule has 0 amide bonds. The molecule has 5 rings (SSSR count). The second-order valence-corrected chi connectivity index (χ2v) is 9.79. The van der Waals surface area contributed by atoms with E-state index < -0.39 is 10.0 Å². The van der Waals surface area contributed by atoms with Crippen LogP contribution in [-0.4, -0.2) is 29.4 Å². The summed E-state index contributed by atoms with van der Waals surface area (Å²) in [5, 5.41) is 4.89. The topological polar surface area (TPSA) is 79.2 Å². The predicted molar refractivity (Wildman–Crippen MR) is 104 cm³/mol. The Morgan fingerprint density at radius 3 is 2.93 bits per heavy atom. The Kier molecular flexibility index (Phi) is 3.75. The van der Waals surface area contributed by atoms with Gasteiger partial charge in [0.05, 0.1) is 22.5 Å². The van der Waals surface area contributed by atoms with Crippen LogP contribution in [0, 0.1) is 6.92 Å². The van der Waals surface area contributed by atoms with Crippen LogP contribution in [0.3, 0.4) is 0 Å². The monoisotopic (exact) mass is 399 g/mol. The van der Waals surface area contributed by atoms with Crippen LogP contribution in [0.5, 0.6) is 0 Å². The average molecular weight is 399 g/mol. The number of hydrogen-bond acceptors (Lipinski definition) is 5. The molecule has 0 saturated heterocycles. The standard InChI is InChI=1S/C19H17N3O3S2/c1-12-19(10-18(26-12)17-6-8-20-25-17)27(23,24)22-9-7-14-13-4-2-3-5-15(13)21-16(14)11-22/h2-6,8,10,21H,7,9,11H2,1H3. The smallest absolute Gasteiger partial charge is 0.244 e. The second kappa shape index (κ2) is 6.05. The van der Waals surface area contributed by atoms with Crippen molar-refractivity contribution in [1.29, 1.82) is 0 Å².